The summed E-state index contributed by atoms with van der Waals surface area (Å²) in [5, 5.41) is 18.0. The molecule has 0 aliphatic rings. The average molecular weight is 450 g/mol. The van der Waals surface area contributed by atoms with Crippen molar-refractivity contribution in [1.29, 1.82) is 0 Å². The van der Waals surface area contributed by atoms with Gasteiger partial charge in [-0.3, -0.25) is 14.4 Å². The van der Waals surface area contributed by atoms with Crippen LogP contribution in [0.5, 0.6) is 0 Å². The molecule has 3 rings (SSSR count). The number of amides is 1. The zero-order valence-corrected chi connectivity index (χ0v) is 18.8. The number of aliphatic carboxylic acids is 1. The third-order valence-electron chi connectivity index (χ3n) is 5.44. The molecule has 33 heavy (non-hydrogen) atoms. The van der Waals surface area contributed by atoms with Crippen molar-refractivity contribution in [2.75, 3.05) is 22.5 Å². The van der Waals surface area contributed by atoms with Crippen LogP contribution in [0.4, 0.5) is 17.1 Å². The van der Waals surface area contributed by atoms with Crippen LogP contribution in [0.3, 0.4) is 0 Å². The summed E-state index contributed by atoms with van der Waals surface area (Å²) in [7, 11) is 0. The Bertz CT molecular complexity index is 1220. The van der Waals surface area contributed by atoms with Crippen molar-refractivity contribution in [2.24, 2.45) is 0 Å². The lowest BCUT2D eigenvalue weighted by Gasteiger charge is -2.20. The third kappa shape index (κ3) is 5.28. The standard InChI is InChI=1S/C25H27N3O5/c1-4-12-26-20-21(23(30)22(20)29)28-18(25(32)33)13-16-8-10-17(11-9-16)27-24(31)19-14(2)6-5-7-15(19)3/h5-11,18,26,28H,4,12-13H2,1-3H3,(H,27,31)(H,32,33)/t18-/m0/s1. The highest BCUT2D eigenvalue weighted by Crippen LogP contribution is 2.20. The average Bonchev–Trinajstić information content (AvgIpc) is 2.78. The largest absolute Gasteiger partial charge is 0.480 e. The van der Waals surface area contributed by atoms with E-state index in [1.54, 1.807) is 24.3 Å². The highest BCUT2D eigenvalue weighted by molar-refractivity contribution is 6.06. The minimum atomic E-state index is -1.14. The van der Waals surface area contributed by atoms with Crippen LogP contribution in [0.2, 0.25) is 0 Å². The van der Waals surface area contributed by atoms with E-state index in [-0.39, 0.29) is 23.7 Å². The van der Waals surface area contributed by atoms with Crippen molar-refractivity contribution in [3.05, 3.63) is 85.2 Å². The lowest BCUT2D eigenvalue weighted by atomic mass is 10.0. The number of rotatable bonds is 10. The van der Waals surface area contributed by atoms with Gasteiger partial charge in [-0.1, -0.05) is 37.3 Å². The Morgan fingerprint density at radius 3 is 2.12 bits per heavy atom. The summed E-state index contributed by atoms with van der Waals surface area (Å²) in [6.07, 6.45) is 0.847. The summed E-state index contributed by atoms with van der Waals surface area (Å²) in [4.78, 5) is 48.1. The Morgan fingerprint density at radius 1 is 0.939 bits per heavy atom. The molecule has 3 aromatic carbocycles. The maximum Gasteiger partial charge on any atom is 0.326 e. The second kappa shape index (κ2) is 10.1. The zero-order valence-electron chi connectivity index (χ0n) is 18.8. The van der Waals surface area contributed by atoms with Crippen molar-refractivity contribution in [3.8, 4) is 0 Å². The van der Waals surface area contributed by atoms with Gasteiger partial charge in [-0.25, -0.2) is 4.79 Å². The summed E-state index contributed by atoms with van der Waals surface area (Å²) in [6, 6.07) is 11.4. The molecule has 0 saturated heterocycles. The Balaban J connectivity index is 1.69. The molecule has 1 amide bonds. The molecule has 0 aliphatic heterocycles. The highest BCUT2D eigenvalue weighted by Gasteiger charge is 2.26. The Hall–Kier alpha value is -3.94. The molecular formula is C25H27N3O5. The van der Waals surface area contributed by atoms with Crippen LogP contribution in [0.1, 0.15) is 40.4 Å². The highest BCUT2D eigenvalue weighted by atomic mass is 16.4. The predicted molar refractivity (Wildman–Crippen MR) is 129 cm³/mol. The number of anilines is 3. The Morgan fingerprint density at radius 2 is 1.55 bits per heavy atom. The van der Waals surface area contributed by atoms with Gasteiger partial charge in [0, 0.05) is 24.2 Å². The van der Waals surface area contributed by atoms with Gasteiger partial charge in [-0.15, -0.1) is 0 Å². The first kappa shape index (κ1) is 23.7. The van der Waals surface area contributed by atoms with Gasteiger partial charge in [-0.05, 0) is 49.1 Å². The fourth-order valence-corrected chi connectivity index (χ4v) is 3.65. The third-order valence-corrected chi connectivity index (χ3v) is 5.44. The van der Waals surface area contributed by atoms with Gasteiger partial charge in [0.05, 0.1) is 0 Å². The molecule has 0 bridgehead atoms. The van der Waals surface area contributed by atoms with Crippen molar-refractivity contribution >= 4 is 28.9 Å². The monoisotopic (exact) mass is 449 g/mol. The smallest absolute Gasteiger partial charge is 0.326 e. The molecular weight excluding hydrogens is 422 g/mol. The fourth-order valence-electron chi connectivity index (χ4n) is 3.65. The van der Waals surface area contributed by atoms with Crippen LogP contribution in [0.25, 0.3) is 0 Å². The van der Waals surface area contributed by atoms with E-state index in [2.05, 4.69) is 16.0 Å². The normalized spacial score (nSPS) is 11.7. The van der Waals surface area contributed by atoms with Gasteiger partial charge in [0.25, 0.3) is 16.8 Å². The molecule has 0 fully saturated rings. The summed E-state index contributed by atoms with van der Waals surface area (Å²) < 4.78 is 0. The fraction of sp³-hybridized carbons (Fsp3) is 0.280. The molecule has 1 atom stereocenters. The van der Waals surface area contributed by atoms with Gasteiger partial charge in [0.15, 0.2) is 0 Å². The summed E-state index contributed by atoms with van der Waals surface area (Å²) in [6.45, 7) is 6.18. The van der Waals surface area contributed by atoms with Crippen molar-refractivity contribution in [3.63, 3.8) is 0 Å². The van der Waals surface area contributed by atoms with E-state index in [4.69, 9.17) is 0 Å². The number of nitrogens with one attached hydrogen (secondary N) is 3. The van der Waals surface area contributed by atoms with Crippen molar-refractivity contribution < 1.29 is 14.7 Å². The van der Waals surface area contributed by atoms with Crippen LogP contribution in [0.15, 0.2) is 52.1 Å². The number of carbonyl (C=O) groups is 2. The second-order valence-electron chi connectivity index (χ2n) is 7.99. The zero-order chi connectivity index (χ0) is 24.1. The molecule has 3 aromatic rings. The van der Waals surface area contributed by atoms with Crippen LogP contribution >= 0.6 is 0 Å². The van der Waals surface area contributed by atoms with Crippen LogP contribution in [0, 0.1) is 13.8 Å². The van der Waals surface area contributed by atoms with Gasteiger partial charge >= 0.3 is 5.97 Å². The molecule has 0 aromatic heterocycles. The summed E-state index contributed by atoms with van der Waals surface area (Å²) >= 11 is 0. The molecule has 0 aliphatic carbocycles. The summed E-state index contributed by atoms with van der Waals surface area (Å²) in [5.74, 6) is -1.35. The van der Waals surface area contributed by atoms with Crippen LogP contribution < -0.4 is 26.8 Å². The summed E-state index contributed by atoms with van der Waals surface area (Å²) in [5.41, 5.74) is 2.45. The van der Waals surface area contributed by atoms with Crippen molar-refractivity contribution in [2.45, 2.75) is 39.7 Å². The van der Waals surface area contributed by atoms with E-state index in [0.29, 0.717) is 23.4 Å². The number of aryl methyl sites for hydroxylation is 2. The molecule has 0 heterocycles. The predicted octanol–water partition coefficient (Wildman–Crippen LogP) is 3.08. The molecule has 8 nitrogen and oxygen atoms in total. The topological polar surface area (TPSA) is 125 Å². The number of benzene rings is 2. The van der Waals surface area contributed by atoms with Crippen LogP contribution in [-0.2, 0) is 11.2 Å². The first-order valence-corrected chi connectivity index (χ1v) is 10.8. The van der Waals surface area contributed by atoms with E-state index in [0.717, 1.165) is 17.5 Å². The van der Waals surface area contributed by atoms with E-state index in [1.807, 2.05) is 39.0 Å². The van der Waals surface area contributed by atoms with E-state index in [9.17, 15) is 24.3 Å². The first-order chi connectivity index (χ1) is 15.7. The quantitative estimate of drug-likeness (QED) is 0.351. The maximum absolute atomic E-state index is 12.7. The minimum absolute atomic E-state index is 0.0123. The number of hydrogen-bond donors (Lipinski definition) is 4. The lowest BCUT2D eigenvalue weighted by molar-refractivity contribution is -0.137. The second-order valence-corrected chi connectivity index (χ2v) is 7.99. The molecule has 0 unspecified atom stereocenters. The van der Waals surface area contributed by atoms with Gasteiger partial charge < -0.3 is 21.1 Å². The number of carboxylic acid groups (broad SMARTS) is 1. The number of hydrogen-bond acceptors (Lipinski definition) is 6. The Kier molecular flexibility index (Phi) is 7.27. The maximum atomic E-state index is 12.7. The molecule has 172 valence electrons. The van der Waals surface area contributed by atoms with Gasteiger partial charge in [-0.2, -0.15) is 0 Å². The van der Waals surface area contributed by atoms with E-state index in [1.165, 1.54) is 0 Å². The molecule has 0 saturated carbocycles. The number of carboxylic acids is 1. The molecule has 0 radical (unpaired) electrons. The molecule has 0 spiro atoms. The Labute approximate surface area is 191 Å². The molecule has 4 N–H and O–H groups in total. The SMILES string of the molecule is CCCNc1c(N[C@@H](Cc2ccc(NC(=O)c3c(C)cccc3C)cc2)C(=O)O)c(=O)c1=O. The van der Waals surface area contributed by atoms with E-state index < -0.39 is 22.9 Å². The molecule has 8 heteroatoms. The van der Waals surface area contributed by atoms with E-state index >= 15 is 0 Å². The lowest BCUT2D eigenvalue weighted by Crippen LogP contribution is -2.42. The van der Waals surface area contributed by atoms with Gasteiger partial charge in [0.1, 0.15) is 17.4 Å². The minimum Gasteiger partial charge on any atom is -0.480 e. The number of carbonyl (C=O) groups excluding carboxylic acids is 1. The van der Waals surface area contributed by atoms with Crippen molar-refractivity contribution in [1.82, 2.24) is 0 Å². The first-order valence-electron chi connectivity index (χ1n) is 10.8. The van der Waals surface area contributed by atoms with Crippen LogP contribution in [-0.4, -0.2) is 29.6 Å². The van der Waals surface area contributed by atoms with Gasteiger partial charge in [0.2, 0.25) is 0 Å².